The van der Waals surface area contributed by atoms with Gasteiger partial charge in [0.25, 0.3) is 0 Å². The molecule has 0 atom stereocenters. The second kappa shape index (κ2) is 11.8. The predicted molar refractivity (Wildman–Crippen MR) is 114 cm³/mol. The maximum Gasteiger partial charge on any atom is 0.231 e. The SMILES string of the molecule is O=C(CCCCCCCCCC/C=C/c1ccc2c(c1)OCO2)N1CCCC1. The predicted octanol–water partition coefficient (Wildman–Crippen LogP) is 5.95. The zero-order chi connectivity index (χ0) is 19.4. The minimum Gasteiger partial charge on any atom is -0.454 e. The van der Waals surface area contributed by atoms with Gasteiger partial charge >= 0.3 is 0 Å². The van der Waals surface area contributed by atoms with Crippen molar-refractivity contribution in [2.45, 2.75) is 77.0 Å². The van der Waals surface area contributed by atoms with Crippen molar-refractivity contribution in [3.05, 3.63) is 29.8 Å². The van der Waals surface area contributed by atoms with Crippen molar-refractivity contribution in [3.63, 3.8) is 0 Å². The second-order valence-corrected chi connectivity index (χ2v) is 7.97. The molecule has 3 rings (SSSR count). The Bertz CT molecular complexity index is 635. The quantitative estimate of drug-likeness (QED) is 0.417. The summed E-state index contributed by atoms with van der Waals surface area (Å²) in [6.07, 6.45) is 18.8. The zero-order valence-electron chi connectivity index (χ0n) is 17.2. The van der Waals surface area contributed by atoms with Gasteiger partial charge in [-0.15, -0.1) is 0 Å². The third kappa shape index (κ3) is 6.88. The van der Waals surface area contributed by atoms with E-state index in [2.05, 4.69) is 18.2 Å². The molecule has 1 fully saturated rings. The highest BCUT2D eigenvalue weighted by Crippen LogP contribution is 2.32. The summed E-state index contributed by atoms with van der Waals surface area (Å²) < 4.78 is 10.7. The van der Waals surface area contributed by atoms with Crippen molar-refractivity contribution in [3.8, 4) is 11.5 Å². The van der Waals surface area contributed by atoms with Gasteiger partial charge in [0.1, 0.15) is 0 Å². The first-order valence-corrected chi connectivity index (χ1v) is 11.2. The van der Waals surface area contributed by atoms with E-state index in [0.717, 1.165) is 43.9 Å². The Morgan fingerprint density at radius 1 is 0.893 bits per heavy atom. The fraction of sp³-hybridized carbons (Fsp3) is 0.625. The highest BCUT2D eigenvalue weighted by molar-refractivity contribution is 5.76. The third-order valence-corrected chi connectivity index (χ3v) is 5.68. The van der Waals surface area contributed by atoms with E-state index >= 15 is 0 Å². The van der Waals surface area contributed by atoms with E-state index in [1.807, 2.05) is 17.0 Å². The van der Waals surface area contributed by atoms with Crippen LogP contribution in [0.3, 0.4) is 0 Å². The van der Waals surface area contributed by atoms with Crippen LogP contribution in [0.25, 0.3) is 6.08 Å². The molecule has 1 aromatic carbocycles. The number of carbonyl (C=O) groups is 1. The Balaban J connectivity index is 1.12. The highest BCUT2D eigenvalue weighted by Gasteiger charge is 2.16. The molecule has 2 heterocycles. The summed E-state index contributed by atoms with van der Waals surface area (Å²) in [7, 11) is 0. The van der Waals surface area contributed by atoms with E-state index in [9.17, 15) is 4.79 Å². The summed E-state index contributed by atoms with van der Waals surface area (Å²) in [6, 6.07) is 6.09. The number of nitrogens with zero attached hydrogens (tertiary/aromatic N) is 1. The summed E-state index contributed by atoms with van der Waals surface area (Å²) in [4.78, 5) is 14.0. The van der Waals surface area contributed by atoms with Crippen LogP contribution in [-0.2, 0) is 4.79 Å². The summed E-state index contributed by atoms with van der Waals surface area (Å²) in [5.74, 6) is 2.07. The molecule has 0 spiro atoms. The monoisotopic (exact) mass is 385 g/mol. The molecule has 0 unspecified atom stereocenters. The van der Waals surface area contributed by atoms with Gasteiger partial charge < -0.3 is 14.4 Å². The number of unbranched alkanes of at least 4 members (excludes halogenated alkanes) is 8. The smallest absolute Gasteiger partial charge is 0.231 e. The minimum absolute atomic E-state index is 0.333. The van der Waals surface area contributed by atoms with Gasteiger partial charge in [-0.1, -0.05) is 56.7 Å². The van der Waals surface area contributed by atoms with Crippen molar-refractivity contribution in [2.24, 2.45) is 0 Å². The Kier molecular flexibility index (Phi) is 8.73. The number of carbonyl (C=O) groups excluding carboxylic acids is 1. The number of benzene rings is 1. The lowest BCUT2D eigenvalue weighted by atomic mass is 10.1. The van der Waals surface area contributed by atoms with Crippen molar-refractivity contribution in [1.29, 1.82) is 0 Å². The van der Waals surface area contributed by atoms with Gasteiger partial charge in [0.2, 0.25) is 12.7 Å². The van der Waals surface area contributed by atoms with E-state index < -0.39 is 0 Å². The Labute approximate surface area is 169 Å². The van der Waals surface area contributed by atoms with E-state index in [4.69, 9.17) is 9.47 Å². The average Bonchev–Trinajstić information content (AvgIpc) is 3.40. The molecule has 28 heavy (non-hydrogen) atoms. The maximum atomic E-state index is 12.0. The van der Waals surface area contributed by atoms with Crippen molar-refractivity contribution >= 4 is 12.0 Å². The van der Waals surface area contributed by atoms with Crippen molar-refractivity contribution in [2.75, 3.05) is 19.9 Å². The molecule has 1 amide bonds. The number of hydrogen-bond acceptors (Lipinski definition) is 3. The molecule has 0 radical (unpaired) electrons. The van der Waals surface area contributed by atoms with Gasteiger partial charge in [-0.05, 0) is 49.8 Å². The normalized spacial score (nSPS) is 15.6. The number of hydrogen-bond donors (Lipinski definition) is 0. The van der Waals surface area contributed by atoms with E-state index in [1.54, 1.807) is 0 Å². The molecule has 2 aliphatic heterocycles. The van der Waals surface area contributed by atoms with Gasteiger partial charge in [0.05, 0.1) is 0 Å². The largest absolute Gasteiger partial charge is 0.454 e. The van der Waals surface area contributed by atoms with Crippen LogP contribution < -0.4 is 9.47 Å². The van der Waals surface area contributed by atoms with Crippen LogP contribution >= 0.6 is 0 Å². The number of likely N-dealkylation sites (tertiary alicyclic amines) is 1. The first-order valence-electron chi connectivity index (χ1n) is 11.2. The van der Waals surface area contributed by atoms with Crippen LogP contribution in [0.4, 0.5) is 0 Å². The molecule has 4 heteroatoms. The molecule has 0 bridgehead atoms. The summed E-state index contributed by atoms with van der Waals surface area (Å²) >= 11 is 0. The lowest BCUT2D eigenvalue weighted by molar-refractivity contribution is -0.130. The topological polar surface area (TPSA) is 38.8 Å². The minimum atomic E-state index is 0.333. The van der Waals surface area contributed by atoms with Gasteiger partial charge in [-0.3, -0.25) is 4.79 Å². The molecular weight excluding hydrogens is 350 g/mol. The van der Waals surface area contributed by atoms with Gasteiger partial charge in [0.15, 0.2) is 11.5 Å². The van der Waals surface area contributed by atoms with Crippen LogP contribution in [0.15, 0.2) is 24.3 Å². The van der Waals surface area contributed by atoms with E-state index in [-0.39, 0.29) is 0 Å². The van der Waals surface area contributed by atoms with Gasteiger partial charge in [-0.25, -0.2) is 0 Å². The van der Waals surface area contributed by atoms with Crippen LogP contribution in [0.5, 0.6) is 11.5 Å². The molecule has 154 valence electrons. The number of ether oxygens (including phenoxy) is 2. The fourth-order valence-electron chi connectivity index (χ4n) is 3.96. The number of rotatable bonds is 12. The van der Waals surface area contributed by atoms with Crippen LogP contribution in [-0.4, -0.2) is 30.7 Å². The summed E-state index contributed by atoms with van der Waals surface area (Å²) in [5, 5.41) is 0. The van der Waals surface area contributed by atoms with Crippen LogP contribution in [0.1, 0.15) is 82.6 Å². The first-order chi connectivity index (χ1) is 13.8. The maximum absolute atomic E-state index is 12.0. The number of fused-ring (bicyclic) bond motifs is 1. The Morgan fingerprint density at radius 3 is 2.36 bits per heavy atom. The molecule has 0 aliphatic carbocycles. The number of amides is 1. The first kappa shape index (κ1) is 20.8. The second-order valence-electron chi connectivity index (χ2n) is 7.97. The molecule has 0 N–H and O–H groups in total. The van der Waals surface area contributed by atoms with Gasteiger partial charge in [-0.2, -0.15) is 0 Å². The van der Waals surface area contributed by atoms with Crippen molar-refractivity contribution in [1.82, 2.24) is 4.90 Å². The van der Waals surface area contributed by atoms with Gasteiger partial charge in [0, 0.05) is 19.5 Å². The standard InChI is InChI=1S/C24H35NO3/c26-24(25-17-11-12-18-25)14-10-8-6-4-2-1-3-5-7-9-13-21-15-16-22-23(19-21)28-20-27-22/h9,13,15-16,19H,1-8,10-12,14,17-18,20H2/b13-9+. The molecule has 1 aromatic rings. The van der Waals surface area contributed by atoms with Crippen molar-refractivity contribution < 1.29 is 14.3 Å². The molecule has 2 aliphatic rings. The lowest BCUT2D eigenvalue weighted by Gasteiger charge is -2.14. The Morgan fingerprint density at radius 2 is 1.57 bits per heavy atom. The van der Waals surface area contributed by atoms with Crippen LogP contribution in [0, 0.1) is 0 Å². The summed E-state index contributed by atoms with van der Waals surface area (Å²) in [6.45, 7) is 2.31. The van der Waals surface area contributed by atoms with Crippen LogP contribution in [0.2, 0.25) is 0 Å². The van der Waals surface area contributed by atoms with E-state index in [0.29, 0.717) is 12.7 Å². The lowest BCUT2D eigenvalue weighted by Crippen LogP contribution is -2.27. The molecular formula is C24H35NO3. The van der Waals surface area contributed by atoms with E-state index in [1.165, 1.54) is 63.4 Å². The highest BCUT2D eigenvalue weighted by atomic mass is 16.7. The Hall–Kier alpha value is -1.97. The molecule has 4 nitrogen and oxygen atoms in total. The number of allylic oxidation sites excluding steroid dienone is 1. The molecule has 1 saturated heterocycles. The zero-order valence-corrected chi connectivity index (χ0v) is 17.2. The average molecular weight is 386 g/mol. The summed E-state index contributed by atoms with van der Waals surface area (Å²) in [5.41, 5.74) is 1.17. The third-order valence-electron chi connectivity index (χ3n) is 5.68. The molecule has 0 aromatic heterocycles. The molecule has 0 saturated carbocycles. The fourth-order valence-corrected chi connectivity index (χ4v) is 3.96.